The average Bonchev–Trinajstić information content (AvgIpc) is 2.99. The fraction of sp³-hybridized carbons (Fsp3) is 0.438. The molecule has 0 aliphatic carbocycles. The molecule has 0 unspecified atom stereocenters. The maximum Gasteiger partial charge on any atom is 0.131 e. The second-order valence-electron chi connectivity index (χ2n) is 5.15. The van der Waals surface area contributed by atoms with Gasteiger partial charge in [-0.2, -0.15) is 5.10 Å². The van der Waals surface area contributed by atoms with Gasteiger partial charge < -0.3 is 19.7 Å². The Bertz CT molecular complexity index is 575. The SMILES string of the molecule is CNCCN(C)Cc1cn[nH]c1-c1c(OC)cccc1OC. The summed E-state index contributed by atoms with van der Waals surface area (Å²) in [4.78, 5) is 2.24. The predicted molar refractivity (Wildman–Crippen MR) is 87.4 cm³/mol. The van der Waals surface area contributed by atoms with Crippen molar-refractivity contribution in [3.8, 4) is 22.8 Å². The molecular formula is C16H24N4O2. The van der Waals surface area contributed by atoms with Gasteiger partial charge >= 0.3 is 0 Å². The molecule has 2 rings (SSSR count). The number of nitrogens with one attached hydrogen (secondary N) is 2. The van der Waals surface area contributed by atoms with Gasteiger partial charge in [0.25, 0.3) is 0 Å². The predicted octanol–water partition coefficient (Wildman–Crippen LogP) is 1.75. The van der Waals surface area contributed by atoms with Gasteiger partial charge in [0.1, 0.15) is 11.5 Å². The zero-order chi connectivity index (χ0) is 15.9. The molecule has 0 bridgehead atoms. The van der Waals surface area contributed by atoms with Crippen molar-refractivity contribution in [1.29, 1.82) is 0 Å². The van der Waals surface area contributed by atoms with E-state index in [1.807, 2.05) is 31.4 Å². The van der Waals surface area contributed by atoms with Gasteiger partial charge in [-0.1, -0.05) is 6.07 Å². The number of hydrogen-bond acceptors (Lipinski definition) is 5. The highest BCUT2D eigenvalue weighted by atomic mass is 16.5. The van der Waals surface area contributed by atoms with E-state index in [-0.39, 0.29) is 0 Å². The lowest BCUT2D eigenvalue weighted by Gasteiger charge is -2.17. The topological polar surface area (TPSA) is 62.4 Å². The Morgan fingerprint density at radius 3 is 2.50 bits per heavy atom. The Balaban J connectivity index is 2.33. The van der Waals surface area contributed by atoms with Gasteiger partial charge in [0.2, 0.25) is 0 Å². The Morgan fingerprint density at radius 1 is 1.23 bits per heavy atom. The lowest BCUT2D eigenvalue weighted by atomic mass is 10.1. The van der Waals surface area contributed by atoms with E-state index in [9.17, 15) is 0 Å². The summed E-state index contributed by atoms with van der Waals surface area (Å²) < 4.78 is 11.0. The largest absolute Gasteiger partial charge is 0.496 e. The van der Waals surface area contributed by atoms with Crippen LogP contribution in [0.1, 0.15) is 5.56 Å². The molecule has 0 amide bonds. The van der Waals surface area contributed by atoms with E-state index in [1.165, 1.54) is 0 Å². The number of methoxy groups -OCH3 is 2. The minimum Gasteiger partial charge on any atom is -0.496 e. The first-order chi connectivity index (χ1) is 10.7. The third-order valence-electron chi connectivity index (χ3n) is 3.58. The molecule has 2 N–H and O–H groups in total. The summed E-state index contributed by atoms with van der Waals surface area (Å²) in [7, 11) is 7.37. The van der Waals surface area contributed by atoms with Crippen LogP contribution < -0.4 is 14.8 Å². The zero-order valence-corrected chi connectivity index (χ0v) is 13.6. The van der Waals surface area contributed by atoms with E-state index in [4.69, 9.17) is 9.47 Å². The van der Waals surface area contributed by atoms with Crippen molar-refractivity contribution in [2.45, 2.75) is 6.54 Å². The van der Waals surface area contributed by atoms with Crippen molar-refractivity contribution in [2.75, 3.05) is 41.4 Å². The number of H-pyrrole nitrogens is 1. The molecule has 0 spiro atoms. The fourth-order valence-electron chi connectivity index (χ4n) is 2.42. The molecule has 6 nitrogen and oxygen atoms in total. The Kier molecular flexibility index (Phi) is 5.80. The number of benzene rings is 1. The Labute approximate surface area is 131 Å². The summed E-state index contributed by atoms with van der Waals surface area (Å²) in [6.45, 7) is 2.71. The minimum absolute atomic E-state index is 0.766. The van der Waals surface area contributed by atoms with Gasteiger partial charge in [0.15, 0.2) is 0 Å². The molecule has 1 heterocycles. The highest BCUT2D eigenvalue weighted by Gasteiger charge is 2.18. The molecule has 0 radical (unpaired) electrons. The molecule has 1 aromatic heterocycles. The van der Waals surface area contributed by atoms with Crippen molar-refractivity contribution in [3.63, 3.8) is 0 Å². The van der Waals surface area contributed by atoms with Crippen molar-refractivity contribution in [2.24, 2.45) is 0 Å². The van der Waals surface area contributed by atoms with E-state index < -0.39 is 0 Å². The maximum atomic E-state index is 5.49. The molecule has 0 aliphatic rings. The van der Waals surface area contributed by atoms with Gasteiger partial charge in [-0.25, -0.2) is 0 Å². The summed E-state index contributed by atoms with van der Waals surface area (Å²) in [5.74, 6) is 1.53. The van der Waals surface area contributed by atoms with Gasteiger partial charge in [-0.15, -0.1) is 0 Å². The van der Waals surface area contributed by atoms with Crippen molar-refractivity contribution < 1.29 is 9.47 Å². The van der Waals surface area contributed by atoms with Crippen molar-refractivity contribution in [3.05, 3.63) is 30.0 Å². The molecule has 0 atom stereocenters. The van der Waals surface area contributed by atoms with Crippen LogP contribution >= 0.6 is 0 Å². The van der Waals surface area contributed by atoms with Crippen LogP contribution in [0.3, 0.4) is 0 Å². The second-order valence-corrected chi connectivity index (χ2v) is 5.15. The quantitative estimate of drug-likeness (QED) is 0.778. The molecule has 0 saturated heterocycles. The number of likely N-dealkylation sites (N-methyl/N-ethyl adjacent to an activating group) is 2. The molecule has 2 aromatic rings. The molecule has 1 aromatic carbocycles. The number of nitrogens with zero attached hydrogens (tertiary/aromatic N) is 2. The maximum absolute atomic E-state index is 5.49. The number of aromatic amines is 1. The van der Waals surface area contributed by atoms with Crippen LogP contribution in [-0.2, 0) is 6.54 Å². The van der Waals surface area contributed by atoms with Gasteiger partial charge in [0, 0.05) is 25.2 Å². The Morgan fingerprint density at radius 2 is 1.91 bits per heavy atom. The first kappa shape index (κ1) is 16.3. The second kappa shape index (κ2) is 7.82. The van der Waals surface area contributed by atoms with Gasteiger partial charge in [0.05, 0.1) is 31.7 Å². The van der Waals surface area contributed by atoms with E-state index in [1.54, 1.807) is 14.2 Å². The van der Waals surface area contributed by atoms with Gasteiger partial charge in [-0.05, 0) is 26.2 Å². The highest BCUT2D eigenvalue weighted by molar-refractivity contribution is 5.76. The van der Waals surface area contributed by atoms with Crippen LogP contribution in [-0.4, -0.2) is 56.5 Å². The van der Waals surface area contributed by atoms with E-state index >= 15 is 0 Å². The third-order valence-corrected chi connectivity index (χ3v) is 3.58. The first-order valence-corrected chi connectivity index (χ1v) is 7.28. The number of rotatable bonds is 8. The summed E-state index contributed by atoms with van der Waals surface area (Å²) in [5, 5.41) is 10.4. The molecule has 0 saturated carbocycles. The van der Waals surface area contributed by atoms with E-state index in [0.29, 0.717) is 0 Å². The van der Waals surface area contributed by atoms with Crippen LogP contribution in [0.2, 0.25) is 0 Å². The van der Waals surface area contributed by atoms with Gasteiger partial charge in [-0.3, -0.25) is 5.10 Å². The van der Waals surface area contributed by atoms with Crippen LogP contribution in [0.5, 0.6) is 11.5 Å². The van der Waals surface area contributed by atoms with E-state index in [0.717, 1.165) is 48.0 Å². The van der Waals surface area contributed by atoms with Crippen LogP contribution in [0.15, 0.2) is 24.4 Å². The molecule has 6 heteroatoms. The standard InChI is InChI=1S/C16H24N4O2/c1-17-8-9-20(2)11-12-10-18-19-16(12)15-13(21-3)6-5-7-14(15)22-4/h5-7,10,17H,8-9,11H2,1-4H3,(H,18,19). The minimum atomic E-state index is 0.766. The smallest absolute Gasteiger partial charge is 0.131 e. The lowest BCUT2D eigenvalue weighted by molar-refractivity contribution is 0.328. The third kappa shape index (κ3) is 3.58. The summed E-state index contributed by atoms with van der Waals surface area (Å²) >= 11 is 0. The average molecular weight is 304 g/mol. The monoisotopic (exact) mass is 304 g/mol. The number of aromatic nitrogens is 2. The molecule has 0 aliphatic heterocycles. The molecule has 0 fully saturated rings. The molecular weight excluding hydrogens is 280 g/mol. The zero-order valence-electron chi connectivity index (χ0n) is 13.6. The highest BCUT2D eigenvalue weighted by Crippen LogP contribution is 2.38. The lowest BCUT2D eigenvalue weighted by Crippen LogP contribution is -2.27. The summed E-state index contributed by atoms with van der Waals surface area (Å²) in [6, 6.07) is 5.76. The first-order valence-electron chi connectivity index (χ1n) is 7.28. The molecule has 22 heavy (non-hydrogen) atoms. The van der Waals surface area contributed by atoms with E-state index in [2.05, 4.69) is 27.5 Å². The number of hydrogen-bond donors (Lipinski definition) is 2. The van der Waals surface area contributed by atoms with Crippen LogP contribution in [0.4, 0.5) is 0 Å². The summed E-state index contributed by atoms with van der Waals surface area (Å²) in [6.07, 6.45) is 1.86. The number of ether oxygens (including phenoxy) is 2. The molecule has 120 valence electrons. The fourth-order valence-corrected chi connectivity index (χ4v) is 2.42. The van der Waals surface area contributed by atoms with Crippen LogP contribution in [0.25, 0.3) is 11.3 Å². The Hall–Kier alpha value is -2.05. The summed E-state index contributed by atoms with van der Waals surface area (Å²) in [5.41, 5.74) is 2.95. The van der Waals surface area contributed by atoms with Crippen molar-refractivity contribution in [1.82, 2.24) is 20.4 Å². The normalized spacial score (nSPS) is 11.0. The van der Waals surface area contributed by atoms with Crippen LogP contribution in [0, 0.1) is 0 Å². The van der Waals surface area contributed by atoms with Crippen molar-refractivity contribution >= 4 is 0 Å².